The van der Waals surface area contributed by atoms with E-state index in [0.717, 1.165) is 31.5 Å². The minimum absolute atomic E-state index is 0.00751. The number of benzene rings is 1. The van der Waals surface area contributed by atoms with Crippen molar-refractivity contribution in [1.82, 2.24) is 10.6 Å². The van der Waals surface area contributed by atoms with Gasteiger partial charge < -0.3 is 20.5 Å². The SMILES string of the molecule is O=C(NCCOCCO)C1(c2ccccc2)CCNCC1. The number of carbonyl (C=O) groups excluding carboxylic acids is 1. The Morgan fingerprint density at radius 3 is 2.62 bits per heavy atom. The van der Waals surface area contributed by atoms with Crippen molar-refractivity contribution >= 4 is 5.91 Å². The second-order valence-corrected chi connectivity index (χ2v) is 5.29. The highest BCUT2D eigenvalue weighted by Gasteiger charge is 2.40. The zero-order valence-corrected chi connectivity index (χ0v) is 12.3. The summed E-state index contributed by atoms with van der Waals surface area (Å²) >= 11 is 0. The molecule has 1 aromatic rings. The van der Waals surface area contributed by atoms with Crippen LogP contribution in [0.5, 0.6) is 0 Å². The van der Waals surface area contributed by atoms with E-state index in [9.17, 15) is 4.79 Å². The van der Waals surface area contributed by atoms with Crippen LogP contribution in [0.3, 0.4) is 0 Å². The van der Waals surface area contributed by atoms with Crippen LogP contribution in [0.1, 0.15) is 18.4 Å². The van der Waals surface area contributed by atoms with Crippen LogP contribution >= 0.6 is 0 Å². The summed E-state index contributed by atoms with van der Waals surface area (Å²) in [6, 6.07) is 10.0. The van der Waals surface area contributed by atoms with E-state index in [1.807, 2.05) is 30.3 Å². The quantitative estimate of drug-likeness (QED) is 0.638. The molecule has 1 saturated heterocycles. The first-order chi connectivity index (χ1) is 10.3. The molecule has 5 nitrogen and oxygen atoms in total. The van der Waals surface area contributed by atoms with Crippen molar-refractivity contribution in [1.29, 1.82) is 0 Å². The van der Waals surface area contributed by atoms with E-state index in [1.54, 1.807) is 0 Å². The predicted molar refractivity (Wildman–Crippen MR) is 81.1 cm³/mol. The second-order valence-electron chi connectivity index (χ2n) is 5.29. The molecule has 0 saturated carbocycles. The van der Waals surface area contributed by atoms with Gasteiger partial charge in [0.05, 0.1) is 25.2 Å². The third kappa shape index (κ3) is 4.03. The Hall–Kier alpha value is -1.43. The summed E-state index contributed by atoms with van der Waals surface area (Å²) in [5.41, 5.74) is 0.643. The van der Waals surface area contributed by atoms with Crippen LogP contribution in [-0.4, -0.2) is 50.5 Å². The fourth-order valence-electron chi connectivity index (χ4n) is 2.83. The van der Waals surface area contributed by atoms with E-state index in [4.69, 9.17) is 9.84 Å². The second kappa shape index (κ2) is 8.12. The Kier molecular flexibility index (Phi) is 6.17. The molecule has 1 amide bonds. The van der Waals surface area contributed by atoms with Crippen molar-refractivity contribution in [3.8, 4) is 0 Å². The Balaban J connectivity index is 2.01. The van der Waals surface area contributed by atoms with Gasteiger partial charge in [0.1, 0.15) is 0 Å². The van der Waals surface area contributed by atoms with Crippen LogP contribution in [0.15, 0.2) is 30.3 Å². The monoisotopic (exact) mass is 292 g/mol. The van der Waals surface area contributed by atoms with Crippen LogP contribution < -0.4 is 10.6 Å². The van der Waals surface area contributed by atoms with E-state index >= 15 is 0 Å². The van der Waals surface area contributed by atoms with Crippen molar-refractivity contribution in [3.63, 3.8) is 0 Å². The Morgan fingerprint density at radius 1 is 1.24 bits per heavy atom. The molecule has 3 N–H and O–H groups in total. The zero-order valence-electron chi connectivity index (χ0n) is 12.3. The maximum absolute atomic E-state index is 12.7. The molecule has 1 heterocycles. The first-order valence-electron chi connectivity index (χ1n) is 7.53. The van der Waals surface area contributed by atoms with Gasteiger partial charge in [-0.15, -0.1) is 0 Å². The lowest BCUT2D eigenvalue weighted by atomic mass is 9.72. The average molecular weight is 292 g/mol. The highest BCUT2D eigenvalue weighted by Crippen LogP contribution is 2.33. The van der Waals surface area contributed by atoms with Gasteiger partial charge in [-0.25, -0.2) is 0 Å². The smallest absolute Gasteiger partial charge is 0.230 e. The Labute approximate surface area is 125 Å². The van der Waals surface area contributed by atoms with Crippen molar-refractivity contribution in [3.05, 3.63) is 35.9 Å². The standard InChI is InChI=1S/C16H24N2O3/c19-11-13-21-12-10-18-15(20)16(6-8-17-9-7-16)14-4-2-1-3-5-14/h1-5,17,19H,6-13H2,(H,18,20). The normalized spacial score (nSPS) is 17.4. The van der Waals surface area contributed by atoms with Crippen LogP contribution in [-0.2, 0) is 14.9 Å². The number of aliphatic hydroxyl groups excluding tert-OH is 1. The third-order valence-electron chi connectivity index (χ3n) is 3.99. The first-order valence-corrected chi connectivity index (χ1v) is 7.53. The van der Waals surface area contributed by atoms with E-state index in [-0.39, 0.29) is 12.5 Å². The van der Waals surface area contributed by atoms with Gasteiger partial charge >= 0.3 is 0 Å². The number of rotatable bonds is 7. The fourth-order valence-corrected chi connectivity index (χ4v) is 2.83. The van der Waals surface area contributed by atoms with Gasteiger partial charge in [-0.05, 0) is 31.5 Å². The number of piperidine rings is 1. The summed E-state index contributed by atoms with van der Waals surface area (Å²) in [6.07, 6.45) is 1.61. The van der Waals surface area contributed by atoms with Crippen molar-refractivity contribution < 1.29 is 14.6 Å². The van der Waals surface area contributed by atoms with Gasteiger partial charge in [-0.1, -0.05) is 30.3 Å². The molecular weight excluding hydrogens is 268 g/mol. The van der Waals surface area contributed by atoms with Crippen LogP contribution in [0.4, 0.5) is 0 Å². The van der Waals surface area contributed by atoms with Crippen molar-refractivity contribution in [2.45, 2.75) is 18.3 Å². The summed E-state index contributed by atoms with van der Waals surface area (Å²) in [6.45, 7) is 2.92. The number of aliphatic hydroxyl groups is 1. The van der Waals surface area contributed by atoms with E-state index in [0.29, 0.717) is 19.8 Å². The summed E-state index contributed by atoms with van der Waals surface area (Å²) in [5, 5.41) is 14.9. The molecule has 1 aromatic carbocycles. The maximum Gasteiger partial charge on any atom is 0.230 e. The number of nitrogens with one attached hydrogen (secondary N) is 2. The van der Waals surface area contributed by atoms with Gasteiger partial charge in [0.25, 0.3) is 0 Å². The molecule has 0 radical (unpaired) electrons. The molecule has 1 aliphatic heterocycles. The summed E-state index contributed by atoms with van der Waals surface area (Å²) in [4.78, 5) is 12.7. The molecule has 0 atom stereocenters. The topological polar surface area (TPSA) is 70.6 Å². The number of hydrogen-bond acceptors (Lipinski definition) is 4. The highest BCUT2D eigenvalue weighted by molar-refractivity contribution is 5.88. The van der Waals surface area contributed by atoms with Gasteiger partial charge in [0.2, 0.25) is 5.91 Å². The molecule has 1 fully saturated rings. The lowest BCUT2D eigenvalue weighted by Crippen LogP contribution is -2.51. The number of hydrogen-bond donors (Lipinski definition) is 3. The molecule has 0 spiro atoms. The van der Waals surface area contributed by atoms with E-state index in [1.165, 1.54) is 0 Å². The molecule has 1 aliphatic rings. The molecule has 0 unspecified atom stereocenters. The lowest BCUT2D eigenvalue weighted by Gasteiger charge is -2.36. The van der Waals surface area contributed by atoms with Crippen LogP contribution in [0, 0.1) is 0 Å². The number of amides is 1. The lowest BCUT2D eigenvalue weighted by molar-refractivity contribution is -0.128. The highest BCUT2D eigenvalue weighted by atomic mass is 16.5. The van der Waals surface area contributed by atoms with Crippen molar-refractivity contribution in [2.24, 2.45) is 0 Å². The molecule has 0 aromatic heterocycles. The molecule has 5 heteroatoms. The molecule has 116 valence electrons. The minimum atomic E-state index is -0.441. The Morgan fingerprint density at radius 2 is 1.95 bits per heavy atom. The van der Waals surface area contributed by atoms with Crippen LogP contribution in [0.25, 0.3) is 0 Å². The average Bonchev–Trinajstić information content (AvgIpc) is 2.56. The largest absolute Gasteiger partial charge is 0.394 e. The van der Waals surface area contributed by atoms with Crippen LogP contribution in [0.2, 0.25) is 0 Å². The minimum Gasteiger partial charge on any atom is -0.394 e. The summed E-state index contributed by atoms with van der Waals surface area (Å²) in [7, 11) is 0. The Bertz CT molecular complexity index is 430. The molecule has 0 bridgehead atoms. The predicted octanol–water partition coefficient (Wildman–Crippen LogP) is 0.433. The van der Waals surface area contributed by atoms with Gasteiger partial charge in [0, 0.05) is 6.54 Å². The van der Waals surface area contributed by atoms with Gasteiger partial charge in [0.15, 0.2) is 0 Å². The number of ether oxygens (including phenoxy) is 1. The summed E-state index contributed by atoms with van der Waals surface area (Å²) in [5.74, 6) is 0.0720. The number of carbonyl (C=O) groups is 1. The van der Waals surface area contributed by atoms with E-state index in [2.05, 4.69) is 10.6 Å². The summed E-state index contributed by atoms with van der Waals surface area (Å²) < 4.78 is 5.18. The third-order valence-corrected chi connectivity index (χ3v) is 3.99. The maximum atomic E-state index is 12.7. The first kappa shape index (κ1) is 15.9. The molecule has 21 heavy (non-hydrogen) atoms. The van der Waals surface area contributed by atoms with E-state index < -0.39 is 5.41 Å². The fraction of sp³-hybridized carbons (Fsp3) is 0.562. The zero-order chi connectivity index (χ0) is 15.0. The van der Waals surface area contributed by atoms with Gasteiger partial charge in [-0.3, -0.25) is 4.79 Å². The molecule has 2 rings (SSSR count). The van der Waals surface area contributed by atoms with Gasteiger partial charge in [-0.2, -0.15) is 0 Å². The molecular formula is C16H24N2O3. The molecule has 0 aliphatic carbocycles. The van der Waals surface area contributed by atoms with Crippen molar-refractivity contribution in [2.75, 3.05) is 39.5 Å².